The molecule has 2 aliphatic carbocycles. The molecule has 0 aromatic heterocycles. The van der Waals surface area contributed by atoms with Gasteiger partial charge >= 0.3 is 0 Å². The molecular formula is C18H30O2. The zero-order valence-corrected chi connectivity index (χ0v) is 13.8. The smallest absolute Gasteiger partial charge is 0.0926 e. The Bertz CT molecular complexity index is 395. The Hall–Kier alpha value is -0.0800. The van der Waals surface area contributed by atoms with Crippen LogP contribution in [0.2, 0.25) is 0 Å². The summed E-state index contributed by atoms with van der Waals surface area (Å²) in [5, 5.41) is 0. The van der Waals surface area contributed by atoms with E-state index in [4.69, 9.17) is 9.47 Å². The molecule has 0 aromatic rings. The predicted octanol–water partition coefficient (Wildman–Crippen LogP) is 3.89. The molecule has 2 heterocycles. The highest BCUT2D eigenvalue weighted by molar-refractivity contribution is 5.14. The standard InChI is InChI=1S/C18H30O2/c1-9-11(3)15-17(5,19-15)7-13(9)14-8-18(6)16(20-18)12(4)10(14)2/h9-16H,7-8H2,1-6H3. The highest BCUT2D eigenvalue weighted by atomic mass is 16.6. The molecule has 0 radical (unpaired) electrons. The van der Waals surface area contributed by atoms with Crippen LogP contribution in [0.1, 0.15) is 54.4 Å². The Morgan fingerprint density at radius 3 is 1.35 bits per heavy atom. The lowest BCUT2D eigenvalue weighted by Gasteiger charge is -2.45. The third kappa shape index (κ3) is 1.64. The van der Waals surface area contributed by atoms with Crippen molar-refractivity contribution in [3.05, 3.63) is 0 Å². The van der Waals surface area contributed by atoms with E-state index in [1.54, 1.807) is 0 Å². The summed E-state index contributed by atoms with van der Waals surface area (Å²) in [6.45, 7) is 14.4. The number of rotatable bonds is 1. The first-order valence-corrected chi connectivity index (χ1v) is 8.62. The molecule has 0 spiro atoms. The van der Waals surface area contributed by atoms with Gasteiger partial charge in [-0.25, -0.2) is 0 Å². The van der Waals surface area contributed by atoms with Gasteiger partial charge in [0, 0.05) is 0 Å². The number of fused-ring (bicyclic) bond motifs is 2. The van der Waals surface area contributed by atoms with Crippen molar-refractivity contribution in [2.75, 3.05) is 0 Å². The molecule has 2 nitrogen and oxygen atoms in total. The molecule has 0 bridgehead atoms. The molecule has 0 amide bonds. The summed E-state index contributed by atoms with van der Waals surface area (Å²) in [7, 11) is 0. The maximum Gasteiger partial charge on any atom is 0.0926 e. The van der Waals surface area contributed by atoms with Crippen molar-refractivity contribution >= 4 is 0 Å². The Morgan fingerprint density at radius 2 is 1.00 bits per heavy atom. The van der Waals surface area contributed by atoms with E-state index in [0.717, 1.165) is 23.7 Å². The number of hydrogen-bond acceptors (Lipinski definition) is 2. The summed E-state index contributed by atoms with van der Waals surface area (Å²) in [4.78, 5) is 0. The van der Waals surface area contributed by atoms with Gasteiger partial charge in [0.05, 0.1) is 23.4 Å². The first kappa shape index (κ1) is 13.6. The fourth-order valence-corrected chi connectivity index (χ4v) is 5.89. The monoisotopic (exact) mass is 278 g/mol. The minimum atomic E-state index is 0.196. The maximum atomic E-state index is 6.06. The molecule has 10 unspecified atom stereocenters. The van der Waals surface area contributed by atoms with Crippen LogP contribution in [-0.2, 0) is 9.47 Å². The lowest BCUT2D eigenvalue weighted by Crippen LogP contribution is -2.45. The van der Waals surface area contributed by atoms with E-state index in [2.05, 4.69) is 41.5 Å². The largest absolute Gasteiger partial charge is 0.366 e. The van der Waals surface area contributed by atoms with Gasteiger partial charge in [-0.05, 0) is 62.2 Å². The highest BCUT2D eigenvalue weighted by Crippen LogP contribution is 2.62. The zero-order chi connectivity index (χ0) is 14.4. The van der Waals surface area contributed by atoms with Gasteiger partial charge in [-0.3, -0.25) is 0 Å². The van der Waals surface area contributed by atoms with Gasteiger partial charge in [-0.1, -0.05) is 27.7 Å². The molecule has 2 aliphatic heterocycles. The van der Waals surface area contributed by atoms with Crippen molar-refractivity contribution in [2.45, 2.75) is 77.8 Å². The summed E-state index contributed by atoms with van der Waals surface area (Å²) in [5.74, 6) is 4.63. The maximum absolute atomic E-state index is 6.06. The molecule has 20 heavy (non-hydrogen) atoms. The lowest BCUT2D eigenvalue weighted by molar-refractivity contribution is 0.0460. The van der Waals surface area contributed by atoms with E-state index in [1.807, 2.05) is 0 Å². The van der Waals surface area contributed by atoms with Crippen molar-refractivity contribution in [3.8, 4) is 0 Å². The Morgan fingerprint density at radius 1 is 0.650 bits per heavy atom. The van der Waals surface area contributed by atoms with Crippen LogP contribution in [0.4, 0.5) is 0 Å². The number of epoxide rings is 2. The van der Waals surface area contributed by atoms with Crippen LogP contribution in [-0.4, -0.2) is 23.4 Å². The van der Waals surface area contributed by atoms with E-state index >= 15 is 0 Å². The van der Waals surface area contributed by atoms with Crippen LogP contribution in [0.25, 0.3) is 0 Å². The van der Waals surface area contributed by atoms with Crippen LogP contribution in [0.15, 0.2) is 0 Å². The molecule has 10 atom stereocenters. The average molecular weight is 278 g/mol. The molecule has 0 aromatic carbocycles. The van der Waals surface area contributed by atoms with E-state index in [1.165, 1.54) is 12.8 Å². The Balaban J connectivity index is 1.59. The topological polar surface area (TPSA) is 25.1 Å². The summed E-state index contributed by atoms with van der Waals surface area (Å²) < 4.78 is 12.1. The molecule has 4 fully saturated rings. The summed E-state index contributed by atoms with van der Waals surface area (Å²) >= 11 is 0. The van der Waals surface area contributed by atoms with Gasteiger partial charge < -0.3 is 9.47 Å². The molecule has 2 saturated heterocycles. The molecular weight excluding hydrogens is 248 g/mol. The van der Waals surface area contributed by atoms with E-state index < -0.39 is 0 Å². The second-order valence-corrected chi connectivity index (χ2v) is 8.87. The highest BCUT2D eigenvalue weighted by Gasteiger charge is 2.66. The minimum Gasteiger partial charge on any atom is -0.366 e. The SMILES string of the molecule is CC1C(C)C2OC2(C)CC1C1CC2(C)OC2C(C)C1C. The molecule has 0 N–H and O–H groups in total. The molecule has 114 valence electrons. The first-order chi connectivity index (χ1) is 9.27. The molecule has 2 saturated carbocycles. The second-order valence-electron chi connectivity index (χ2n) is 8.87. The first-order valence-electron chi connectivity index (χ1n) is 8.62. The van der Waals surface area contributed by atoms with E-state index in [9.17, 15) is 0 Å². The predicted molar refractivity (Wildman–Crippen MR) is 79.4 cm³/mol. The van der Waals surface area contributed by atoms with Gasteiger partial charge in [0.25, 0.3) is 0 Å². The van der Waals surface area contributed by atoms with Crippen LogP contribution < -0.4 is 0 Å². The average Bonchev–Trinajstić information content (AvgIpc) is 3.25. The quantitative estimate of drug-likeness (QED) is 0.680. The van der Waals surface area contributed by atoms with Gasteiger partial charge in [0.1, 0.15) is 0 Å². The van der Waals surface area contributed by atoms with Crippen molar-refractivity contribution in [1.29, 1.82) is 0 Å². The third-order valence-electron chi connectivity index (χ3n) is 7.68. The molecule has 4 aliphatic rings. The van der Waals surface area contributed by atoms with Gasteiger partial charge in [0.15, 0.2) is 0 Å². The Labute approximate surface area is 123 Å². The fourth-order valence-electron chi connectivity index (χ4n) is 5.89. The van der Waals surface area contributed by atoms with Crippen LogP contribution in [0, 0.1) is 35.5 Å². The fraction of sp³-hybridized carbons (Fsp3) is 1.00. The van der Waals surface area contributed by atoms with Crippen LogP contribution in [0.5, 0.6) is 0 Å². The third-order valence-corrected chi connectivity index (χ3v) is 7.68. The van der Waals surface area contributed by atoms with Crippen molar-refractivity contribution in [2.24, 2.45) is 35.5 Å². The number of hydrogen-bond donors (Lipinski definition) is 0. The van der Waals surface area contributed by atoms with Gasteiger partial charge in [0.2, 0.25) is 0 Å². The summed E-state index contributed by atoms with van der Waals surface area (Å²) in [6, 6.07) is 0. The van der Waals surface area contributed by atoms with E-state index in [-0.39, 0.29) is 11.2 Å². The Kier molecular flexibility index (Phi) is 2.59. The normalized spacial score (nSPS) is 68.1. The van der Waals surface area contributed by atoms with Crippen molar-refractivity contribution in [1.82, 2.24) is 0 Å². The summed E-state index contributed by atoms with van der Waals surface area (Å²) in [5.41, 5.74) is 0.392. The zero-order valence-electron chi connectivity index (χ0n) is 13.8. The van der Waals surface area contributed by atoms with Crippen molar-refractivity contribution in [3.63, 3.8) is 0 Å². The van der Waals surface area contributed by atoms with Crippen molar-refractivity contribution < 1.29 is 9.47 Å². The van der Waals surface area contributed by atoms with Gasteiger partial charge in [-0.2, -0.15) is 0 Å². The van der Waals surface area contributed by atoms with Crippen LogP contribution in [0.3, 0.4) is 0 Å². The van der Waals surface area contributed by atoms with Gasteiger partial charge in [-0.15, -0.1) is 0 Å². The molecule has 2 heteroatoms. The minimum absolute atomic E-state index is 0.196. The lowest BCUT2D eigenvalue weighted by atomic mass is 9.57. The van der Waals surface area contributed by atoms with E-state index in [0.29, 0.717) is 24.0 Å². The number of ether oxygens (including phenoxy) is 2. The molecule has 4 rings (SSSR count). The van der Waals surface area contributed by atoms with Crippen LogP contribution >= 0.6 is 0 Å². The second kappa shape index (κ2) is 3.81. The summed E-state index contributed by atoms with van der Waals surface area (Å²) in [6.07, 6.45) is 3.60.